The first-order valence-electron chi connectivity index (χ1n) is 8.94. The van der Waals surface area contributed by atoms with E-state index in [4.69, 9.17) is 16.3 Å². The molecule has 2 N–H and O–H groups in total. The van der Waals surface area contributed by atoms with Crippen molar-refractivity contribution in [3.05, 3.63) is 75.7 Å². The molecule has 0 saturated carbocycles. The third-order valence-electron chi connectivity index (χ3n) is 4.33. The Morgan fingerprint density at radius 3 is 2.55 bits per heavy atom. The van der Waals surface area contributed by atoms with Crippen LogP contribution < -0.4 is 15.6 Å². The summed E-state index contributed by atoms with van der Waals surface area (Å²) in [5.41, 5.74) is 1.22. The second-order valence-electron chi connectivity index (χ2n) is 6.25. The van der Waals surface area contributed by atoms with E-state index in [0.29, 0.717) is 24.3 Å². The minimum absolute atomic E-state index is 0.00540. The highest BCUT2D eigenvalue weighted by atomic mass is 35.5. The third-order valence-corrected chi connectivity index (χ3v) is 4.59. The van der Waals surface area contributed by atoms with Crippen LogP contribution in [-0.4, -0.2) is 34.3 Å². The van der Waals surface area contributed by atoms with Crippen molar-refractivity contribution in [3.63, 3.8) is 0 Å². The van der Waals surface area contributed by atoms with E-state index in [1.54, 1.807) is 24.3 Å². The molecule has 0 fully saturated rings. The number of anilines is 1. The van der Waals surface area contributed by atoms with Crippen molar-refractivity contribution < 1.29 is 14.6 Å². The molecule has 0 amide bonds. The number of ether oxygens (including phenoxy) is 1. The molecule has 3 rings (SSSR count). The summed E-state index contributed by atoms with van der Waals surface area (Å²) in [5.74, 6) is -0.703. The SMILES string of the molecule is COc1ccccc1-c1c(Cl)nc(NCCc2ccccc2)c(=O)n1CC(=O)O. The van der Waals surface area contributed by atoms with Gasteiger partial charge in [-0.05, 0) is 24.1 Å². The van der Waals surface area contributed by atoms with Crippen LogP contribution in [0.25, 0.3) is 11.3 Å². The van der Waals surface area contributed by atoms with Crippen molar-refractivity contribution in [1.29, 1.82) is 0 Å². The maximum atomic E-state index is 13.0. The van der Waals surface area contributed by atoms with Gasteiger partial charge in [0.2, 0.25) is 0 Å². The van der Waals surface area contributed by atoms with E-state index in [0.717, 1.165) is 10.1 Å². The van der Waals surface area contributed by atoms with E-state index in [1.807, 2.05) is 30.3 Å². The average Bonchev–Trinajstić information content (AvgIpc) is 2.72. The van der Waals surface area contributed by atoms with E-state index >= 15 is 0 Å². The van der Waals surface area contributed by atoms with Crippen LogP contribution in [0.4, 0.5) is 5.82 Å². The van der Waals surface area contributed by atoms with E-state index < -0.39 is 18.1 Å². The van der Waals surface area contributed by atoms with Gasteiger partial charge in [0.15, 0.2) is 11.0 Å². The molecule has 1 aromatic heterocycles. The molecule has 7 nitrogen and oxygen atoms in total. The zero-order chi connectivity index (χ0) is 20.8. The largest absolute Gasteiger partial charge is 0.496 e. The monoisotopic (exact) mass is 413 g/mol. The van der Waals surface area contributed by atoms with Crippen molar-refractivity contribution in [2.45, 2.75) is 13.0 Å². The average molecular weight is 414 g/mol. The summed E-state index contributed by atoms with van der Waals surface area (Å²) in [4.78, 5) is 28.6. The van der Waals surface area contributed by atoms with Crippen LogP contribution in [0, 0.1) is 0 Å². The third kappa shape index (κ3) is 4.75. The van der Waals surface area contributed by atoms with Crippen molar-refractivity contribution in [1.82, 2.24) is 9.55 Å². The van der Waals surface area contributed by atoms with Crippen LogP contribution in [0.1, 0.15) is 5.56 Å². The van der Waals surface area contributed by atoms with Gasteiger partial charge in [0, 0.05) is 12.1 Å². The fraction of sp³-hybridized carbons (Fsp3) is 0.190. The maximum absolute atomic E-state index is 13.0. The first-order chi connectivity index (χ1) is 14.0. The Morgan fingerprint density at radius 1 is 1.17 bits per heavy atom. The van der Waals surface area contributed by atoms with Crippen molar-refractivity contribution in [3.8, 4) is 17.0 Å². The van der Waals surface area contributed by atoms with Crippen LogP contribution in [-0.2, 0) is 17.8 Å². The maximum Gasteiger partial charge on any atom is 0.323 e. The molecule has 0 aliphatic heterocycles. The highest BCUT2D eigenvalue weighted by Crippen LogP contribution is 2.33. The summed E-state index contributed by atoms with van der Waals surface area (Å²) >= 11 is 6.39. The van der Waals surface area contributed by atoms with Gasteiger partial charge < -0.3 is 15.2 Å². The van der Waals surface area contributed by atoms with Gasteiger partial charge >= 0.3 is 5.97 Å². The minimum Gasteiger partial charge on any atom is -0.496 e. The number of rotatable bonds is 8. The van der Waals surface area contributed by atoms with E-state index in [1.165, 1.54) is 7.11 Å². The number of carbonyl (C=O) groups is 1. The molecule has 29 heavy (non-hydrogen) atoms. The summed E-state index contributed by atoms with van der Waals surface area (Å²) in [6.45, 7) is -0.106. The molecule has 0 unspecified atom stereocenters. The lowest BCUT2D eigenvalue weighted by Gasteiger charge is -2.17. The predicted octanol–water partition coefficient (Wildman–Crippen LogP) is 3.31. The van der Waals surface area contributed by atoms with Gasteiger partial charge in [-0.2, -0.15) is 0 Å². The highest BCUT2D eigenvalue weighted by Gasteiger charge is 2.21. The van der Waals surface area contributed by atoms with Crippen LogP contribution in [0.15, 0.2) is 59.4 Å². The molecule has 0 atom stereocenters. The molecule has 0 aliphatic carbocycles. The lowest BCUT2D eigenvalue weighted by Crippen LogP contribution is -2.30. The number of nitrogens with one attached hydrogen (secondary N) is 1. The number of para-hydroxylation sites is 1. The summed E-state index contributed by atoms with van der Waals surface area (Å²) < 4.78 is 6.43. The Kier molecular flexibility index (Phi) is 6.51. The Labute approximate surface area is 172 Å². The summed E-state index contributed by atoms with van der Waals surface area (Å²) in [6, 6.07) is 16.7. The standard InChI is InChI=1S/C21H20ClN3O4/c1-29-16-10-6-5-9-15(16)18-19(22)24-20(21(28)25(18)13-17(26)27)23-12-11-14-7-3-2-4-8-14/h2-10H,11-13H2,1H3,(H,23,24)(H,26,27). The second-order valence-corrected chi connectivity index (χ2v) is 6.61. The lowest BCUT2D eigenvalue weighted by atomic mass is 10.1. The number of benzene rings is 2. The van der Waals surface area contributed by atoms with Gasteiger partial charge in [0.25, 0.3) is 5.56 Å². The molecular weight excluding hydrogens is 394 g/mol. The van der Waals surface area contributed by atoms with Gasteiger partial charge in [-0.15, -0.1) is 0 Å². The number of carboxylic acid groups (broad SMARTS) is 1. The molecule has 8 heteroatoms. The lowest BCUT2D eigenvalue weighted by molar-refractivity contribution is -0.137. The summed E-state index contributed by atoms with van der Waals surface area (Å²) in [6.07, 6.45) is 0.673. The van der Waals surface area contributed by atoms with Gasteiger partial charge in [-0.25, -0.2) is 4.98 Å². The number of aliphatic carboxylic acids is 1. The molecule has 0 saturated heterocycles. The number of hydrogen-bond donors (Lipinski definition) is 2. The molecule has 0 aliphatic rings. The molecule has 3 aromatic rings. The normalized spacial score (nSPS) is 10.6. The molecule has 1 heterocycles. The van der Waals surface area contributed by atoms with Gasteiger partial charge in [0.05, 0.1) is 12.8 Å². The Morgan fingerprint density at radius 2 is 1.86 bits per heavy atom. The number of aromatic nitrogens is 2. The smallest absolute Gasteiger partial charge is 0.323 e. The van der Waals surface area contributed by atoms with Gasteiger partial charge in [-0.3, -0.25) is 14.2 Å². The highest BCUT2D eigenvalue weighted by molar-refractivity contribution is 6.32. The van der Waals surface area contributed by atoms with Crippen LogP contribution in [0.5, 0.6) is 5.75 Å². The number of carboxylic acids is 1. The molecule has 0 spiro atoms. The van der Waals surface area contributed by atoms with E-state index in [2.05, 4.69) is 10.3 Å². The Balaban J connectivity index is 1.99. The molecule has 2 aromatic carbocycles. The van der Waals surface area contributed by atoms with Crippen molar-refractivity contribution in [2.75, 3.05) is 19.0 Å². The minimum atomic E-state index is -1.17. The zero-order valence-electron chi connectivity index (χ0n) is 15.8. The number of halogens is 1. The second kappa shape index (κ2) is 9.25. The van der Waals surface area contributed by atoms with Crippen LogP contribution >= 0.6 is 11.6 Å². The predicted molar refractivity (Wildman–Crippen MR) is 112 cm³/mol. The quantitative estimate of drug-likeness (QED) is 0.588. The first-order valence-corrected chi connectivity index (χ1v) is 9.32. The summed E-state index contributed by atoms with van der Waals surface area (Å²) in [5, 5.41) is 12.3. The topological polar surface area (TPSA) is 93.5 Å². The Hall–Kier alpha value is -3.32. The first kappa shape index (κ1) is 20.4. The van der Waals surface area contributed by atoms with Crippen LogP contribution in [0.3, 0.4) is 0 Å². The Bertz CT molecular complexity index is 1070. The van der Waals surface area contributed by atoms with Crippen molar-refractivity contribution in [2.24, 2.45) is 0 Å². The molecule has 0 radical (unpaired) electrons. The van der Waals surface area contributed by atoms with Gasteiger partial charge in [-0.1, -0.05) is 54.1 Å². The molecular formula is C21H20ClN3O4. The van der Waals surface area contributed by atoms with E-state index in [9.17, 15) is 14.7 Å². The fourth-order valence-electron chi connectivity index (χ4n) is 3.01. The number of hydrogen-bond acceptors (Lipinski definition) is 5. The fourth-order valence-corrected chi connectivity index (χ4v) is 3.30. The summed E-state index contributed by atoms with van der Waals surface area (Å²) in [7, 11) is 1.49. The number of methoxy groups -OCH3 is 1. The molecule has 150 valence electrons. The van der Waals surface area contributed by atoms with E-state index in [-0.39, 0.29) is 16.7 Å². The molecule has 0 bridgehead atoms. The number of nitrogens with zero attached hydrogens (tertiary/aromatic N) is 2. The van der Waals surface area contributed by atoms with Crippen LogP contribution in [0.2, 0.25) is 5.15 Å². The van der Waals surface area contributed by atoms with Crippen molar-refractivity contribution >= 4 is 23.4 Å². The zero-order valence-corrected chi connectivity index (χ0v) is 16.5. The van der Waals surface area contributed by atoms with Gasteiger partial charge in [0.1, 0.15) is 12.3 Å².